The lowest BCUT2D eigenvalue weighted by molar-refractivity contribution is 0.0821. The highest BCUT2D eigenvalue weighted by atomic mass is 19.1. The lowest BCUT2D eigenvalue weighted by Gasteiger charge is -2.27. The van der Waals surface area contributed by atoms with E-state index < -0.39 is 5.60 Å². The first kappa shape index (κ1) is 14.1. The fourth-order valence-corrected chi connectivity index (χ4v) is 3.36. The Labute approximate surface area is 124 Å². The Morgan fingerprint density at radius 2 is 1.86 bits per heavy atom. The summed E-state index contributed by atoms with van der Waals surface area (Å²) in [7, 11) is 1.64. The van der Waals surface area contributed by atoms with Gasteiger partial charge in [-0.25, -0.2) is 4.39 Å². The van der Waals surface area contributed by atoms with Gasteiger partial charge in [0.25, 0.3) is 0 Å². The lowest BCUT2D eigenvalue weighted by Crippen LogP contribution is -2.25. The molecule has 2 aromatic carbocycles. The van der Waals surface area contributed by atoms with Gasteiger partial charge in [-0.3, -0.25) is 0 Å². The van der Waals surface area contributed by atoms with Crippen molar-refractivity contribution in [2.24, 2.45) is 0 Å². The SMILES string of the molecule is COc1cc(C)c(C2(O)CCc3cc(F)ccc32)cc1C. The minimum Gasteiger partial charge on any atom is -0.496 e. The van der Waals surface area contributed by atoms with Crippen molar-refractivity contribution in [3.63, 3.8) is 0 Å². The fraction of sp³-hybridized carbons (Fsp3) is 0.333. The number of hydrogen-bond donors (Lipinski definition) is 1. The van der Waals surface area contributed by atoms with Gasteiger partial charge in [-0.1, -0.05) is 6.07 Å². The van der Waals surface area contributed by atoms with Crippen LogP contribution in [0.1, 0.15) is 34.2 Å². The minimum absolute atomic E-state index is 0.249. The van der Waals surface area contributed by atoms with Crippen LogP contribution in [0.2, 0.25) is 0 Å². The highest BCUT2D eigenvalue weighted by molar-refractivity contribution is 5.51. The summed E-state index contributed by atoms with van der Waals surface area (Å²) in [6.45, 7) is 3.93. The maximum atomic E-state index is 13.4. The molecular weight excluding hydrogens is 267 g/mol. The quantitative estimate of drug-likeness (QED) is 0.913. The molecular formula is C18H19FO2. The van der Waals surface area contributed by atoms with E-state index in [1.165, 1.54) is 12.1 Å². The van der Waals surface area contributed by atoms with Gasteiger partial charge in [0.1, 0.15) is 17.2 Å². The van der Waals surface area contributed by atoms with E-state index in [1.807, 2.05) is 26.0 Å². The standard InChI is InChI=1S/C18H19FO2/c1-11-9-17(21-3)12(2)8-16(11)18(20)7-6-13-10-14(19)4-5-15(13)18/h4-5,8-10,20H,6-7H2,1-3H3. The van der Waals surface area contributed by atoms with Gasteiger partial charge in [0.15, 0.2) is 0 Å². The molecule has 1 unspecified atom stereocenters. The minimum atomic E-state index is -1.04. The van der Waals surface area contributed by atoms with E-state index >= 15 is 0 Å². The second kappa shape index (κ2) is 4.85. The summed E-state index contributed by atoms with van der Waals surface area (Å²) in [4.78, 5) is 0. The zero-order valence-corrected chi connectivity index (χ0v) is 12.5. The van der Waals surface area contributed by atoms with Crippen LogP contribution < -0.4 is 4.74 Å². The molecule has 3 heteroatoms. The molecule has 0 aromatic heterocycles. The maximum absolute atomic E-state index is 13.4. The Hall–Kier alpha value is -1.87. The third-order valence-electron chi connectivity index (χ3n) is 4.46. The summed E-state index contributed by atoms with van der Waals surface area (Å²) >= 11 is 0. The van der Waals surface area contributed by atoms with E-state index in [9.17, 15) is 9.50 Å². The molecule has 21 heavy (non-hydrogen) atoms. The van der Waals surface area contributed by atoms with E-state index in [0.717, 1.165) is 33.6 Å². The van der Waals surface area contributed by atoms with E-state index in [0.29, 0.717) is 12.8 Å². The summed E-state index contributed by atoms with van der Waals surface area (Å²) in [5.41, 5.74) is 3.52. The Bertz CT molecular complexity index is 709. The molecule has 0 fully saturated rings. The van der Waals surface area contributed by atoms with Crippen LogP contribution in [0.3, 0.4) is 0 Å². The highest BCUT2D eigenvalue weighted by Crippen LogP contribution is 2.44. The van der Waals surface area contributed by atoms with Crippen LogP contribution in [0.25, 0.3) is 0 Å². The van der Waals surface area contributed by atoms with Gasteiger partial charge in [-0.2, -0.15) is 0 Å². The monoisotopic (exact) mass is 286 g/mol. The van der Waals surface area contributed by atoms with Gasteiger partial charge >= 0.3 is 0 Å². The van der Waals surface area contributed by atoms with E-state index in [1.54, 1.807) is 13.2 Å². The zero-order chi connectivity index (χ0) is 15.2. The first-order valence-electron chi connectivity index (χ1n) is 7.12. The summed E-state index contributed by atoms with van der Waals surface area (Å²) < 4.78 is 18.7. The Morgan fingerprint density at radius 3 is 2.57 bits per heavy atom. The molecule has 0 aliphatic heterocycles. The van der Waals surface area contributed by atoms with Crippen molar-refractivity contribution in [3.05, 3.63) is 64.0 Å². The molecule has 0 saturated heterocycles. The van der Waals surface area contributed by atoms with Crippen molar-refractivity contribution >= 4 is 0 Å². The number of hydrogen-bond acceptors (Lipinski definition) is 2. The first-order chi connectivity index (χ1) is 9.95. The zero-order valence-electron chi connectivity index (χ0n) is 12.5. The van der Waals surface area contributed by atoms with Crippen LogP contribution in [0.15, 0.2) is 30.3 Å². The molecule has 0 bridgehead atoms. The Morgan fingerprint density at radius 1 is 1.10 bits per heavy atom. The fourth-order valence-electron chi connectivity index (χ4n) is 3.36. The summed E-state index contributed by atoms with van der Waals surface area (Å²) in [5, 5.41) is 11.2. The molecule has 1 aliphatic rings. The topological polar surface area (TPSA) is 29.5 Å². The number of aliphatic hydroxyl groups is 1. The number of aryl methyl sites for hydroxylation is 3. The number of benzene rings is 2. The molecule has 3 rings (SSSR count). The number of ether oxygens (including phenoxy) is 1. The molecule has 0 amide bonds. The summed E-state index contributed by atoms with van der Waals surface area (Å²) in [5.74, 6) is 0.567. The van der Waals surface area contributed by atoms with Crippen LogP contribution in [0.5, 0.6) is 5.75 Å². The molecule has 2 nitrogen and oxygen atoms in total. The van der Waals surface area contributed by atoms with Gasteiger partial charge in [0.05, 0.1) is 7.11 Å². The molecule has 1 atom stereocenters. The van der Waals surface area contributed by atoms with Gasteiger partial charge in [0.2, 0.25) is 0 Å². The molecule has 2 aromatic rings. The van der Waals surface area contributed by atoms with Crippen LogP contribution in [-0.4, -0.2) is 12.2 Å². The molecule has 1 N–H and O–H groups in total. The van der Waals surface area contributed by atoms with E-state index in [-0.39, 0.29) is 5.82 Å². The van der Waals surface area contributed by atoms with Gasteiger partial charge in [0, 0.05) is 0 Å². The van der Waals surface area contributed by atoms with Crippen LogP contribution in [-0.2, 0) is 12.0 Å². The van der Waals surface area contributed by atoms with Gasteiger partial charge in [-0.05, 0) is 78.8 Å². The maximum Gasteiger partial charge on any atom is 0.123 e. The highest BCUT2D eigenvalue weighted by Gasteiger charge is 2.39. The number of fused-ring (bicyclic) bond motifs is 1. The van der Waals surface area contributed by atoms with E-state index in [4.69, 9.17) is 4.74 Å². The summed E-state index contributed by atoms with van der Waals surface area (Å²) in [6.07, 6.45) is 1.27. The van der Waals surface area contributed by atoms with Gasteiger partial charge < -0.3 is 9.84 Å². The lowest BCUT2D eigenvalue weighted by atomic mass is 9.84. The van der Waals surface area contributed by atoms with Crippen molar-refractivity contribution in [2.45, 2.75) is 32.3 Å². The van der Waals surface area contributed by atoms with Crippen LogP contribution >= 0.6 is 0 Å². The van der Waals surface area contributed by atoms with Crippen molar-refractivity contribution in [3.8, 4) is 5.75 Å². The predicted octanol–water partition coefficient (Wildman–Crippen LogP) is 3.63. The average Bonchev–Trinajstić information content (AvgIpc) is 2.78. The molecule has 1 aliphatic carbocycles. The predicted molar refractivity (Wildman–Crippen MR) is 80.2 cm³/mol. The van der Waals surface area contributed by atoms with Crippen LogP contribution in [0, 0.1) is 19.7 Å². The second-order valence-corrected chi connectivity index (χ2v) is 5.80. The molecule has 0 radical (unpaired) electrons. The van der Waals surface area contributed by atoms with E-state index in [2.05, 4.69) is 0 Å². The molecule has 0 heterocycles. The molecule has 110 valence electrons. The molecule has 0 spiro atoms. The van der Waals surface area contributed by atoms with Crippen LogP contribution in [0.4, 0.5) is 4.39 Å². The Balaban J connectivity index is 2.16. The number of methoxy groups -OCH3 is 1. The van der Waals surface area contributed by atoms with Crippen molar-refractivity contribution in [1.29, 1.82) is 0 Å². The number of halogens is 1. The van der Waals surface area contributed by atoms with Crippen molar-refractivity contribution in [1.82, 2.24) is 0 Å². The van der Waals surface area contributed by atoms with Crippen molar-refractivity contribution in [2.75, 3.05) is 7.11 Å². The molecule has 0 saturated carbocycles. The van der Waals surface area contributed by atoms with Gasteiger partial charge in [-0.15, -0.1) is 0 Å². The average molecular weight is 286 g/mol. The largest absolute Gasteiger partial charge is 0.496 e. The Kier molecular flexibility index (Phi) is 3.25. The summed E-state index contributed by atoms with van der Waals surface area (Å²) in [6, 6.07) is 8.58. The normalized spacial score (nSPS) is 20.4. The smallest absolute Gasteiger partial charge is 0.123 e. The number of rotatable bonds is 2. The second-order valence-electron chi connectivity index (χ2n) is 5.80. The third kappa shape index (κ3) is 2.12. The first-order valence-corrected chi connectivity index (χ1v) is 7.12. The third-order valence-corrected chi connectivity index (χ3v) is 4.46. The van der Waals surface area contributed by atoms with Crippen molar-refractivity contribution < 1.29 is 14.2 Å².